The molecule has 1 heterocycles. The fraction of sp³-hybridized carbons (Fsp3) is 0.800. The Morgan fingerprint density at radius 3 is 2.87 bits per heavy atom. The third-order valence-corrected chi connectivity index (χ3v) is 2.73. The highest BCUT2D eigenvalue weighted by Gasteiger charge is 2.40. The summed E-state index contributed by atoms with van der Waals surface area (Å²) in [5.74, 6) is -0.769. The minimum Gasteiger partial charge on any atom is -0.467 e. The van der Waals surface area contributed by atoms with Gasteiger partial charge in [-0.15, -0.1) is 0 Å². The molecule has 1 aliphatic heterocycles. The molecule has 1 fully saturated rings. The van der Waals surface area contributed by atoms with Gasteiger partial charge in [-0.3, -0.25) is 4.79 Å². The lowest BCUT2D eigenvalue weighted by Crippen LogP contribution is -2.58. The first kappa shape index (κ1) is 12.0. The van der Waals surface area contributed by atoms with Gasteiger partial charge in [-0.25, -0.2) is 4.79 Å². The summed E-state index contributed by atoms with van der Waals surface area (Å²) in [7, 11) is 1.25. The van der Waals surface area contributed by atoms with Crippen LogP contribution < -0.4 is 5.32 Å². The van der Waals surface area contributed by atoms with Crippen LogP contribution in [0.15, 0.2) is 0 Å². The molecule has 0 aromatic rings. The summed E-state index contributed by atoms with van der Waals surface area (Å²) in [6.45, 7) is -0.411. The van der Waals surface area contributed by atoms with E-state index in [-0.39, 0.29) is 5.91 Å². The van der Waals surface area contributed by atoms with E-state index in [0.717, 1.165) is 19.3 Å². The molecule has 0 bridgehead atoms. The molecule has 86 valence electrons. The molecule has 1 aliphatic rings. The maximum atomic E-state index is 11.5. The molecule has 0 saturated carbocycles. The predicted octanol–water partition coefficient (Wildman–Crippen LogP) is -0.0292. The van der Waals surface area contributed by atoms with E-state index in [1.807, 2.05) is 0 Å². The zero-order valence-corrected chi connectivity index (χ0v) is 8.91. The number of rotatable bonds is 2. The summed E-state index contributed by atoms with van der Waals surface area (Å²) in [5, 5.41) is 11.8. The van der Waals surface area contributed by atoms with Gasteiger partial charge in [-0.05, 0) is 12.8 Å². The molecular formula is C10H17NO4. The van der Waals surface area contributed by atoms with Crippen LogP contribution in [0.3, 0.4) is 0 Å². The first-order valence-corrected chi connectivity index (χ1v) is 5.15. The van der Waals surface area contributed by atoms with Crippen molar-refractivity contribution in [1.82, 2.24) is 5.32 Å². The number of esters is 1. The van der Waals surface area contributed by atoms with Crippen molar-refractivity contribution in [1.29, 1.82) is 0 Å². The number of ether oxygens (including phenoxy) is 1. The van der Waals surface area contributed by atoms with Gasteiger partial charge in [-0.2, -0.15) is 0 Å². The molecule has 1 amide bonds. The molecule has 0 radical (unpaired) electrons. The lowest BCUT2D eigenvalue weighted by molar-refractivity contribution is -0.153. The summed E-state index contributed by atoms with van der Waals surface area (Å²) >= 11 is 0. The summed E-state index contributed by atoms with van der Waals surface area (Å²) < 4.78 is 4.61. The van der Waals surface area contributed by atoms with Crippen molar-refractivity contribution in [3.05, 3.63) is 0 Å². The Hall–Kier alpha value is -1.10. The molecule has 1 atom stereocenters. The van der Waals surface area contributed by atoms with E-state index in [2.05, 4.69) is 10.1 Å². The Morgan fingerprint density at radius 2 is 2.27 bits per heavy atom. The minimum absolute atomic E-state index is 0.200. The van der Waals surface area contributed by atoms with Crippen LogP contribution in [0.2, 0.25) is 0 Å². The lowest BCUT2D eigenvalue weighted by Gasteiger charge is -2.31. The number of carbonyl (C=O) groups excluding carboxylic acids is 2. The van der Waals surface area contributed by atoms with Gasteiger partial charge in [0, 0.05) is 6.42 Å². The quantitative estimate of drug-likeness (QED) is 0.634. The Kier molecular flexibility index (Phi) is 4.08. The maximum absolute atomic E-state index is 11.5. The van der Waals surface area contributed by atoms with Crippen LogP contribution in [0, 0.1) is 0 Å². The molecule has 0 aliphatic carbocycles. The van der Waals surface area contributed by atoms with Gasteiger partial charge in [0.1, 0.15) is 0 Å². The van der Waals surface area contributed by atoms with E-state index in [9.17, 15) is 14.7 Å². The fourth-order valence-corrected chi connectivity index (χ4v) is 1.81. The third-order valence-electron chi connectivity index (χ3n) is 2.73. The molecule has 5 nitrogen and oxygen atoms in total. The second-order valence-electron chi connectivity index (χ2n) is 3.84. The Bertz CT molecular complexity index is 254. The van der Waals surface area contributed by atoms with Gasteiger partial charge in [0.05, 0.1) is 13.7 Å². The van der Waals surface area contributed by atoms with Crippen LogP contribution >= 0.6 is 0 Å². The lowest BCUT2D eigenvalue weighted by atomic mass is 9.90. The van der Waals surface area contributed by atoms with Crippen molar-refractivity contribution < 1.29 is 19.4 Å². The minimum atomic E-state index is -1.23. The number of aliphatic hydroxyl groups is 1. The zero-order valence-electron chi connectivity index (χ0n) is 8.91. The Labute approximate surface area is 88.8 Å². The van der Waals surface area contributed by atoms with Gasteiger partial charge in [0.25, 0.3) is 0 Å². The van der Waals surface area contributed by atoms with Crippen LogP contribution in [-0.2, 0) is 14.3 Å². The van der Waals surface area contributed by atoms with Crippen LogP contribution in [0.1, 0.15) is 32.1 Å². The number of hydrogen-bond donors (Lipinski definition) is 2. The average molecular weight is 215 g/mol. The molecule has 1 rings (SSSR count). The topological polar surface area (TPSA) is 75.6 Å². The zero-order chi connectivity index (χ0) is 11.3. The van der Waals surface area contributed by atoms with E-state index < -0.39 is 18.1 Å². The van der Waals surface area contributed by atoms with Gasteiger partial charge >= 0.3 is 5.97 Å². The van der Waals surface area contributed by atoms with Crippen molar-refractivity contribution in [2.75, 3.05) is 13.7 Å². The smallest absolute Gasteiger partial charge is 0.334 e. The number of hydrogen-bond acceptors (Lipinski definition) is 4. The first-order valence-electron chi connectivity index (χ1n) is 5.15. The standard InChI is InChI=1S/C10H17NO4/c1-15-9(14)10(7-12)6-4-2-3-5-8(13)11-10/h12H,2-7H2,1H3,(H,11,13)/t10-/m0/s1. The van der Waals surface area contributed by atoms with Crippen LogP contribution in [0.25, 0.3) is 0 Å². The number of methoxy groups -OCH3 is 1. The van der Waals surface area contributed by atoms with E-state index in [1.54, 1.807) is 0 Å². The average Bonchev–Trinajstić information content (AvgIpc) is 2.22. The number of amides is 1. The second-order valence-corrected chi connectivity index (χ2v) is 3.84. The summed E-state index contributed by atoms with van der Waals surface area (Å²) in [6.07, 6.45) is 3.36. The van der Waals surface area contributed by atoms with Crippen LogP contribution in [0.4, 0.5) is 0 Å². The molecule has 0 aromatic carbocycles. The summed E-state index contributed by atoms with van der Waals surface area (Å²) in [6, 6.07) is 0. The molecule has 2 N–H and O–H groups in total. The normalized spacial score (nSPS) is 27.5. The first-order chi connectivity index (χ1) is 7.14. The summed E-state index contributed by atoms with van der Waals surface area (Å²) in [5.41, 5.74) is -1.23. The number of nitrogens with one attached hydrogen (secondary N) is 1. The van der Waals surface area contributed by atoms with Crippen LogP contribution in [0.5, 0.6) is 0 Å². The number of aliphatic hydroxyl groups excluding tert-OH is 1. The van der Waals surface area contributed by atoms with Crippen LogP contribution in [-0.4, -0.2) is 36.2 Å². The second kappa shape index (κ2) is 5.11. The van der Waals surface area contributed by atoms with Crippen molar-refractivity contribution in [2.45, 2.75) is 37.6 Å². The van der Waals surface area contributed by atoms with Crippen molar-refractivity contribution in [2.24, 2.45) is 0 Å². The van der Waals surface area contributed by atoms with E-state index in [4.69, 9.17) is 0 Å². The molecule has 0 spiro atoms. The highest BCUT2D eigenvalue weighted by molar-refractivity contribution is 5.88. The molecular weight excluding hydrogens is 198 g/mol. The Balaban J connectivity index is 2.82. The monoisotopic (exact) mass is 215 g/mol. The number of carbonyl (C=O) groups is 2. The molecule has 0 aromatic heterocycles. The van der Waals surface area contributed by atoms with E-state index in [1.165, 1.54) is 7.11 Å². The van der Waals surface area contributed by atoms with Gasteiger partial charge in [0.2, 0.25) is 5.91 Å². The largest absolute Gasteiger partial charge is 0.467 e. The molecule has 15 heavy (non-hydrogen) atoms. The van der Waals surface area contributed by atoms with Crippen molar-refractivity contribution in [3.63, 3.8) is 0 Å². The van der Waals surface area contributed by atoms with E-state index in [0.29, 0.717) is 12.8 Å². The van der Waals surface area contributed by atoms with Gasteiger partial charge in [-0.1, -0.05) is 12.8 Å². The van der Waals surface area contributed by atoms with Crippen molar-refractivity contribution in [3.8, 4) is 0 Å². The Morgan fingerprint density at radius 1 is 1.53 bits per heavy atom. The molecule has 5 heteroatoms. The van der Waals surface area contributed by atoms with Gasteiger partial charge < -0.3 is 15.2 Å². The van der Waals surface area contributed by atoms with Crippen molar-refractivity contribution >= 4 is 11.9 Å². The van der Waals surface area contributed by atoms with Gasteiger partial charge in [0.15, 0.2) is 5.54 Å². The third kappa shape index (κ3) is 2.68. The fourth-order valence-electron chi connectivity index (χ4n) is 1.81. The molecule has 1 saturated heterocycles. The SMILES string of the molecule is COC(=O)[C@@]1(CO)CCCCCC(=O)N1. The van der Waals surface area contributed by atoms with E-state index >= 15 is 0 Å². The maximum Gasteiger partial charge on any atom is 0.334 e. The molecule has 0 unspecified atom stereocenters. The predicted molar refractivity (Wildman–Crippen MR) is 53.1 cm³/mol. The highest BCUT2D eigenvalue weighted by Crippen LogP contribution is 2.20. The highest BCUT2D eigenvalue weighted by atomic mass is 16.5. The summed E-state index contributed by atoms with van der Waals surface area (Å²) in [4.78, 5) is 22.9.